The predicted molar refractivity (Wildman–Crippen MR) is 143 cm³/mol. The van der Waals surface area contributed by atoms with E-state index in [0.29, 0.717) is 10.2 Å². The first-order valence-corrected chi connectivity index (χ1v) is 13.8. The van der Waals surface area contributed by atoms with Crippen molar-refractivity contribution in [3.63, 3.8) is 0 Å². The number of anilines is 1. The van der Waals surface area contributed by atoms with Gasteiger partial charge in [0, 0.05) is 11.3 Å². The average molecular weight is 709 g/mol. The minimum absolute atomic E-state index is 0.00842. The molecule has 3 rings (SSSR count). The van der Waals surface area contributed by atoms with Crippen LogP contribution in [0.1, 0.15) is 5.69 Å². The number of halogens is 4. The second-order valence-electron chi connectivity index (χ2n) is 7.17. The third-order valence-corrected chi connectivity index (χ3v) is 8.27. The quantitative estimate of drug-likeness (QED) is 0.0943. The molecule has 0 aromatic carbocycles. The number of alkyl carbamates (subject to hydrolysis) is 1. The zero-order valence-corrected chi connectivity index (χ0v) is 24.5. The van der Waals surface area contributed by atoms with E-state index in [4.69, 9.17) is 44.4 Å². The highest BCUT2D eigenvalue weighted by Gasteiger charge is 2.54. The van der Waals surface area contributed by atoms with E-state index >= 15 is 0 Å². The summed E-state index contributed by atoms with van der Waals surface area (Å²) in [6.45, 7) is -0.596. The molecule has 4 N–H and O–H groups in total. The number of thioether (sulfide) groups is 1. The van der Waals surface area contributed by atoms with E-state index in [0.717, 1.165) is 28.0 Å². The first-order valence-electron chi connectivity index (χ1n) is 10.0. The third kappa shape index (κ3) is 6.93. The van der Waals surface area contributed by atoms with E-state index in [1.165, 1.54) is 7.11 Å². The molecule has 21 heteroatoms. The number of oxime groups is 1. The molecular weight excluding hydrogens is 695 g/mol. The van der Waals surface area contributed by atoms with Crippen molar-refractivity contribution in [1.29, 1.82) is 0 Å². The Labute approximate surface area is 249 Å². The summed E-state index contributed by atoms with van der Waals surface area (Å²) in [4.78, 5) is 81.7. The number of imide groups is 1. The Hall–Kier alpha value is -2.64. The number of alkyl halides is 3. The fourth-order valence-corrected chi connectivity index (χ4v) is 6.06. The first kappa shape index (κ1) is 30.9. The number of carbonyl (C=O) groups is 6. The molecule has 1 fully saturated rings. The van der Waals surface area contributed by atoms with Gasteiger partial charge >= 0.3 is 12.1 Å². The number of thiazole rings is 1. The Balaban J connectivity index is 1.73. The van der Waals surface area contributed by atoms with Crippen LogP contribution in [0.3, 0.4) is 0 Å². The number of amides is 5. The van der Waals surface area contributed by atoms with Gasteiger partial charge in [0.1, 0.15) is 40.3 Å². The zero-order chi connectivity index (χ0) is 29.1. The highest BCUT2D eigenvalue weighted by Crippen LogP contribution is 2.40. The largest absolute Gasteiger partial charge is 0.477 e. The summed E-state index contributed by atoms with van der Waals surface area (Å²) >= 11 is 21.4. The molecule has 5 amide bonds. The van der Waals surface area contributed by atoms with E-state index in [1.807, 2.05) is 0 Å². The van der Waals surface area contributed by atoms with Gasteiger partial charge in [-0.05, 0) is 15.9 Å². The van der Waals surface area contributed by atoms with Gasteiger partial charge in [0.15, 0.2) is 10.8 Å². The summed E-state index contributed by atoms with van der Waals surface area (Å²) in [5.41, 5.74) is -0.695. The summed E-state index contributed by atoms with van der Waals surface area (Å²) in [5.74, 6) is -4.39. The molecule has 0 radical (unpaired) electrons. The van der Waals surface area contributed by atoms with Crippen LogP contribution < -0.4 is 16.0 Å². The predicted octanol–water partition coefficient (Wildman–Crippen LogP) is 1.19. The summed E-state index contributed by atoms with van der Waals surface area (Å²) in [6, 6.07) is -1.14. The number of carboxylic acids is 1. The normalized spacial score (nSPS) is 18.9. The van der Waals surface area contributed by atoms with E-state index < -0.39 is 57.3 Å². The lowest BCUT2D eigenvalue weighted by Gasteiger charge is -2.49. The van der Waals surface area contributed by atoms with Crippen LogP contribution in [0.4, 0.5) is 9.93 Å². The zero-order valence-electron chi connectivity index (χ0n) is 19.0. The topological polar surface area (TPSA) is 206 Å². The van der Waals surface area contributed by atoms with Crippen LogP contribution in [0.2, 0.25) is 0 Å². The summed E-state index contributed by atoms with van der Waals surface area (Å²) in [7, 11) is 1.19. The van der Waals surface area contributed by atoms with E-state index in [1.54, 1.807) is 5.32 Å². The molecule has 0 saturated carbocycles. The van der Waals surface area contributed by atoms with Gasteiger partial charge in [0.25, 0.3) is 21.5 Å². The molecule has 1 aromatic heterocycles. The molecule has 3 heterocycles. The molecule has 210 valence electrons. The number of aromatic nitrogens is 1. The third-order valence-electron chi connectivity index (χ3n) is 4.78. The lowest BCUT2D eigenvalue weighted by atomic mass is 10.0. The van der Waals surface area contributed by atoms with Crippen LogP contribution in [0, 0.1) is 0 Å². The Bertz CT molecular complexity index is 1300. The number of carboxylic acid groups (broad SMARTS) is 1. The van der Waals surface area contributed by atoms with Crippen LogP contribution in [-0.2, 0) is 33.5 Å². The van der Waals surface area contributed by atoms with Crippen molar-refractivity contribution in [1.82, 2.24) is 20.5 Å². The van der Waals surface area contributed by atoms with Crippen LogP contribution in [0.25, 0.3) is 0 Å². The molecule has 15 nitrogen and oxygen atoms in total. The van der Waals surface area contributed by atoms with E-state index in [9.17, 15) is 33.9 Å². The molecule has 2 aliphatic heterocycles. The smallest absolute Gasteiger partial charge is 0.414 e. The van der Waals surface area contributed by atoms with Crippen LogP contribution in [0.5, 0.6) is 0 Å². The Morgan fingerprint density at radius 2 is 2.03 bits per heavy atom. The van der Waals surface area contributed by atoms with Crippen molar-refractivity contribution in [3.8, 4) is 0 Å². The van der Waals surface area contributed by atoms with Crippen molar-refractivity contribution >= 4 is 121 Å². The van der Waals surface area contributed by atoms with Gasteiger partial charge in [-0.2, -0.15) is 0 Å². The number of fused-ring (bicyclic) bond motifs is 1. The van der Waals surface area contributed by atoms with Crippen molar-refractivity contribution in [2.24, 2.45) is 5.16 Å². The van der Waals surface area contributed by atoms with E-state index in [2.05, 4.69) is 36.7 Å². The number of ether oxygens (including phenoxy) is 1. The lowest BCUT2D eigenvalue weighted by Crippen LogP contribution is -2.71. The molecular formula is C18H14BrCl3N6O9S2. The lowest BCUT2D eigenvalue weighted by molar-refractivity contribution is -0.150. The second-order valence-corrected chi connectivity index (χ2v) is 12.9. The number of rotatable bonds is 9. The number of nitrogens with one attached hydrogen (secondary N) is 3. The Morgan fingerprint density at radius 3 is 2.62 bits per heavy atom. The highest BCUT2D eigenvalue weighted by atomic mass is 79.9. The maximum Gasteiger partial charge on any atom is 0.414 e. The van der Waals surface area contributed by atoms with Crippen molar-refractivity contribution < 1.29 is 43.4 Å². The average Bonchev–Trinajstić information content (AvgIpc) is 3.22. The number of nitrogens with zero attached hydrogens (tertiary/aromatic N) is 3. The first-order chi connectivity index (χ1) is 18.3. The molecule has 0 aliphatic carbocycles. The van der Waals surface area contributed by atoms with Crippen LogP contribution >= 0.6 is 73.8 Å². The number of hydrogen-bond acceptors (Lipinski definition) is 12. The summed E-state index contributed by atoms with van der Waals surface area (Å²) < 4.78 is 2.75. The van der Waals surface area contributed by atoms with Crippen LogP contribution in [-0.4, -0.2) is 91.6 Å². The van der Waals surface area contributed by atoms with Gasteiger partial charge in [-0.15, -0.1) is 11.8 Å². The van der Waals surface area contributed by atoms with E-state index in [-0.39, 0.29) is 27.9 Å². The summed E-state index contributed by atoms with van der Waals surface area (Å²) in [6.07, 6.45) is -0.909. The van der Waals surface area contributed by atoms with Crippen molar-refractivity contribution in [3.05, 3.63) is 20.8 Å². The fourth-order valence-electron chi connectivity index (χ4n) is 3.20. The molecule has 0 bridgehead atoms. The number of hydrogen-bond donors (Lipinski definition) is 4. The molecule has 1 aromatic rings. The standard InChI is InChI=1S/C18H14BrCl3N6O9S2/c1-36-27-7(6-10(19)39-16(25-6)23-4-29)11(30)24-8-12(31)28-9(14(32)33)5(3-38-13(8)28)2-37-17(35)26-15(34)18(20,21)22/h4,8,13H,2-3H2,1H3,(H,24,30)(H,32,33)(H,23,25,29)(H,26,34,35)/t8?,13-/m1/s1. The number of carbonyl (C=O) groups excluding carboxylic acids is 5. The van der Waals surface area contributed by atoms with Gasteiger partial charge < -0.3 is 25.3 Å². The van der Waals surface area contributed by atoms with Crippen molar-refractivity contribution in [2.75, 3.05) is 24.8 Å². The summed E-state index contributed by atoms with van der Waals surface area (Å²) in [5, 5.41) is 19.2. The highest BCUT2D eigenvalue weighted by molar-refractivity contribution is 9.11. The SMILES string of the molecule is CON=C(C(=O)NC1C(=O)N2C(C(=O)O)=C(COC(=O)NC(=O)C(Cl)(Cl)Cl)CS[C@H]12)c1nc(NC=O)sc1Br. The molecule has 39 heavy (non-hydrogen) atoms. The fraction of sp³-hybridized carbons (Fsp3) is 0.333. The monoisotopic (exact) mass is 706 g/mol. The van der Waals surface area contributed by atoms with Crippen molar-refractivity contribution in [2.45, 2.75) is 15.2 Å². The van der Waals surface area contributed by atoms with Crippen LogP contribution in [0.15, 0.2) is 20.2 Å². The molecule has 1 unspecified atom stereocenters. The Morgan fingerprint density at radius 1 is 1.33 bits per heavy atom. The van der Waals surface area contributed by atoms with Gasteiger partial charge in [0.2, 0.25) is 6.41 Å². The minimum Gasteiger partial charge on any atom is -0.477 e. The molecule has 1 saturated heterocycles. The second kappa shape index (κ2) is 12.7. The Kier molecular flexibility index (Phi) is 10.1. The number of aliphatic carboxylic acids is 1. The minimum atomic E-state index is -2.43. The maximum atomic E-state index is 13.0. The maximum absolute atomic E-state index is 13.0. The molecule has 0 spiro atoms. The van der Waals surface area contributed by atoms with Gasteiger partial charge in [-0.25, -0.2) is 14.6 Å². The van der Waals surface area contributed by atoms with Gasteiger partial charge in [0.05, 0.1) is 0 Å². The molecule has 2 aliphatic rings. The molecule has 2 atom stereocenters. The van der Waals surface area contributed by atoms with Gasteiger partial charge in [-0.1, -0.05) is 51.3 Å². The number of β-lactam (4-membered cyclic amide) rings is 1. The van der Waals surface area contributed by atoms with Gasteiger partial charge in [-0.3, -0.25) is 29.4 Å².